The van der Waals surface area contributed by atoms with Crippen molar-refractivity contribution < 1.29 is 4.92 Å². The second-order valence-corrected chi connectivity index (χ2v) is 5.62. The van der Waals surface area contributed by atoms with E-state index in [1.54, 1.807) is 29.0 Å². The quantitative estimate of drug-likeness (QED) is 0.654. The summed E-state index contributed by atoms with van der Waals surface area (Å²) in [6, 6.07) is 5.34. The fourth-order valence-corrected chi connectivity index (χ4v) is 2.97. The zero-order valence-corrected chi connectivity index (χ0v) is 13.1. The van der Waals surface area contributed by atoms with E-state index < -0.39 is 0 Å². The third kappa shape index (κ3) is 3.30. The monoisotopic (exact) mass is 306 g/mol. The summed E-state index contributed by atoms with van der Waals surface area (Å²) in [6.07, 6.45) is 0. The standard InChI is InChI=1S/C14H18N4O2S/c1-4-15-11-6-5-7-12(14(11)18(19)20)17(3)8-13-10(2)16-9-21-13/h5-7,9,15H,4,8H2,1-3H3. The highest BCUT2D eigenvalue weighted by Crippen LogP contribution is 2.35. The molecular formula is C14H18N4O2S. The van der Waals surface area contributed by atoms with Crippen LogP contribution in [0, 0.1) is 17.0 Å². The lowest BCUT2D eigenvalue weighted by atomic mass is 10.2. The average molecular weight is 306 g/mol. The van der Waals surface area contributed by atoms with E-state index >= 15 is 0 Å². The van der Waals surface area contributed by atoms with E-state index in [1.807, 2.05) is 31.9 Å². The van der Waals surface area contributed by atoms with Crippen molar-refractivity contribution in [3.63, 3.8) is 0 Å². The minimum atomic E-state index is -0.330. The van der Waals surface area contributed by atoms with Crippen LogP contribution in [0.15, 0.2) is 23.7 Å². The van der Waals surface area contributed by atoms with E-state index in [0.717, 1.165) is 10.6 Å². The lowest BCUT2D eigenvalue weighted by molar-refractivity contribution is -0.383. The number of benzene rings is 1. The van der Waals surface area contributed by atoms with Crippen molar-refractivity contribution in [1.82, 2.24) is 4.98 Å². The molecule has 0 saturated heterocycles. The highest BCUT2D eigenvalue weighted by Gasteiger charge is 2.22. The number of aromatic nitrogens is 1. The van der Waals surface area contributed by atoms with Crippen LogP contribution in [0.25, 0.3) is 0 Å². The van der Waals surface area contributed by atoms with Crippen molar-refractivity contribution in [2.24, 2.45) is 0 Å². The van der Waals surface area contributed by atoms with Crippen LogP contribution in [-0.2, 0) is 6.54 Å². The SMILES string of the molecule is CCNc1cccc(N(C)Cc2scnc2C)c1[N+](=O)[O-]. The number of nitrogens with one attached hydrogen (secondary N) is 1. The molecule has 0 aliphatic rings. The van der Waals surface area contributed by atoms with Crippen LogP contribution >= 0.6 is 11.3 Å². The summed E-state index contributed by atoms with van der Waals surface area (Å²) in [6.45, 7) is 5.11. The molecule has 6 nitrogen and oxygen atoms in total. The van der Waals surface area contributed by atoms with Crippen LogP contribution in [0.3, 0.4) is 0 Å². The molecule has 1 aromatic carbocycles. The summed E-state index contributed by atoms with van der Waals surface area (Å²) in [7, 11) is 1.86. The minimum absolute atomic E-state index is 0.115. The number of rotatable bonds is 6. The van der Waals surface area contributed by atoms with E-state index in [4.69, 9.17) is 0 Å². The van der Waals surface area contributed by atoms with Gasteiger partial charge in [0.1, 0.15) is 11.4 Å². The van der Waals surface area contributed by atoms with Gasteiger partial charge in [0.05, 0.1) is 22.7 Å². The van der Waals surface area contributed by atoms with Gasteiger partial charge in [-0.2, -0.15) is 0 Å². The van der Waals surface area contributed by atoms with Crippen LogP contribution < -0.4 is 10.2 Å². The van der Waals surface area contributed by atoms with Crippen molar-refractivity contribution >= 4 is 28.4 Å². The predicted molar refractivity (Wildman–Crippen MR) is 86.2 cm³/mol. The Morgan fingerprint density at radius 2 is 2.24 bits per heavy atom. The van der Waals surface area contributed by atoms with Crippen LogP contribution in [0.2, 0.25) is 0 Å². The first-order chi connectivity index (χ1) is 10.0. The number of nitro benzene ring substituents is 1. The van der Waals surface area contributed by atoms with Crippen molar-refractivity contribution in [3.8, 4) is 0 Å². The summed E-state index contributed by atoms with van der Waals surface area (Å²) in [5, 5.41) is 14.5. The Hall–Kier alpha value is -2.15. The maximum atomic E-state index is 11.4. The molecule has 7 heteroatoms. The van der Waals surface area contributed by atoms with E-state index in [2.05, 4.69) is 10.3 Å². The third-order valence-corrected chi connectivity index (χ3v) is 4.12. The molecule has 0 aliphatic heterocycles. The Morgan fingerprint density at radius 1 is 1.48 bits per heavy atom. The zero-order chi connectivity index (χ0) is 15.4. The van der Waals surface area contributed by atoms with Crippen LogP contribution in [0.1, 0.15) is 17.5 Å². The van der Waals surface area contributed by atoms with Crippen molar-refractivity contribution in [3.05, 3.63) is 44.4 Å². The number of hydrogen-bond donors (Lipinski definition) is 1. The molecule has 1 aromatic heterocycles. The van der Waals surface area contributed by atoms with Gasteiger partial charge in [0, 0.05) is 18.5 Å². The van der Waals surface area contributed by atoms with Crippen molar-refractivity contribution in [2.45, 2.75) is 20.4 Å². The summed E-state index contributed by atoms with van der Waals surface area (Å²) in [5.74, 6) is 0. The van der Waals surface area contributed by atoms with Gasteiger partial charge in [-0.25, -0.2) is 4.98 Å². The fraction of sp³-hybridized carbons (Fsp3) is 0.357. The molecule has 112 valence electrons. The molecule has 1 N–H and O–H groups in total. The predicted octanol–water partition coefficient (Wildman–Crippen LogP) is 3.43. The molecule has 0 spiro atoms. The lowest BCUT2D eigenvalue weighted by Gasteiger charge is -2.20. The number of nitrogens with zero attached hydrogens (tertiary/aromatic N) is 3. The number of thiazole rings is 1. The van der Waals surface area contributed by atoms with Crippen molar-refractivity contribution in [1.29, 1.82) is 0 Å². The van der Waals surface area contributed by atoms with Gasteiger partial charge in [-0.05, 0) is 26.0 Å². The summed E-state index contributed by atoms with van der Waals surface area (Å²) >= 11 is 1.56. The van der Waals surface area contributed by atoms with Crippen LogP contribution in [0.5, 0.6) is 0 Å². The van der Waals surface area contributed by atoms with Gasteiger partial charge in [0.15, 0.2) is 0 Å². The van der Waals surface area contributed by atoms with Gasteiger partial charge >= 0.3 is 5.69 Å². The second-order valence-electron chi connectivity index (χ2n) is 4.68. The maximum Gasteiger partial charge on any atom is 0.315 e. The number of para-hydroxylation sites is 1. The normalized spacial score (nSPS) is 10.4. The lowest BCUT2D eigenvalue weighted by Crippen LogP contribution is -2.18. The Labute approximate surface area is 127 Å². The van der Waals surface area contributed by atoms with Gasteiger partial charge in [0.25, 0.3) is 0 Å². The van der Waals surface area contributed by atoms with E-state index in [1.165, 1.54) is 0 Å². The number of aryl methyl sites for hydroxylation is 1. The van der Waals surface area contributed by atoms with Crippen LogP contribution in [0.4, 0.5) is 17.1 Å². The smallest absolute Gasteiger partial charge is 0.315 e. The van der Waals surface area contributed by atoms with Gasteiger partial charge in [-0.15, -0.1) is 11.3 Å². The number of anilines is 2. The molecule has 0 unspecified atom stereocenters. The Kier molecular flexibility index (Phi) is 4.74. The van der Waals surface area contributed by atoms with E-state index in [9.17, 15) is 10.1 Å². The van der Waals surface area contributed by atoms with Crippen LogP contribution in [-0.4, -0.2) is 23.5 Å². The molecule has 0 fully saturated rings. The third-order valence-electron chi connectivity index (χ3n) is 3.20. The molecule has 2 aromatic rings. The molecule has 0 atom stereocenters. The van der Waals surface area contributed by atoms with Gasteiger partial charge < -0.3 is 10.2 Å². The Morgan fingerprint density at radius 3 is 2.81 bits per heavy atom. The molecule has 2 rings (SSSR count). The second kappa shape index (κ2) is 6.53. The van der Waals surface area contributed by atoms with E-state index in [0.29, 0.717) is 24.5 Å². The number of nitro groups is 1. The molecule has 0 saturated carbocycles. The number of hydrogen-bond acceptors (Lipinski definition) is 6. The van der Waals surface area contributed by atoms with Gasteiger partial charge in [-0.1, -0.05) is 6.07 Å². The van der Waals surface area contributed by atoms with Gasteiger partial charge in [-0.3, -0.25) is 10.1 Å². The highest BCUT2D eigenvalue weighted by atomic mass is 32.1. The zero-order valence-electron chi connectivity index (χ0n) is 12.3. The first-order valence-corrected chi connectivity index (χ1v) is 7.54. The topological polar surface area (TPSA) is 71.3 Å². The fourth-order valence-electron chi connectivity index (χ4n) is 2.14. The van der Waals surface area contributed by atoms with Crippen molar-refractivity contribution in [2.75, 3.05) is 23.8 Å². The first-order valence-electron chi connectivity index (χ1n) is 6.66. The average Bonchev–Trinajstić information content (AvgIpc) is 2.84. The molecule has 0 aliphatic carbocycles. The first kappa shape index (κ1) is 15.2. The molecular weight excluding hydrogens is 288 g/mol. The van der Waals surface area contributed by atoms with E-state index in [-0.39, 0.29) is 10.6 Å². The maximum absolute atomic E-state index is 11.4. The molecule has 21 heavy (non-hydrogen) atoms. The minimum Gasteiger partial charge on any atom is -0.380 e. The molecule has 0 amide bonds. The van der Waals surface area contributed by atoms with Gasteiger partial charge in [0.2, 0.25) is 0 Å². The molecule has 1 heterocycles. The Bertz CT molecular complexity index is 642. The summed E-state index contributed by atoms with van der Waals surface area (Å²) in [4.78, 5) is 18.3. The highest BCUT2D eigenvalue weighted by molar-refractivity contribution is 7.09. The molecule has 0 radical (unpaired) electrons. The summed E-state index contributed by atoms with van der Waals surface area (Å²) < 4.78 is 0. The molecule has 0 bridgehead atoms. The Balaban J connectivity index is 2.36. The summed E-state index contributed by atoms with van der Waals surface area (Å²) in [5.41, 5.74) is 4.03. The largest absolute Gasteiger partial charge is 0.380 e.